The SMILES string of the molecule is CC(C)(C)c1cc(-c2ccc(C#N)cc2)cc(O)c1O. The number of phenolic OH excluding ortho intramolecular Hbond substituents is 2. The molecule has 2 N–H and O–H groups in total. The molecule has 0 aromatic heterocycles. The van der Waals surface area contributed by atoms with E-state index in [-0.39, 0.29) is 16.9 Å². The maximum Gasteiger partial charge on any atom is 0.161 e. The van der Waals surface area contributed by atoms with Gasteiger partial charge < -0.3 is 10.2 Å². The second-order valence-corrected chi connectivity index (χ2v) is 5.83. The average Bonchev–Trinajstić information content (AvgIpc) is 2.40. The van der Waals surface area contributed by atoms with Crippen LogP contribution in [0.1, 0.15) is 31.9 Å². The van der Waals surface area contributed by atoms with Gasteiger partial charge in [0.15, 0.2) is 11.5 Å². The number of hydrogen-bond acceptors (Lipinski definition) is 3. The molecule has 0 radical (unpaired) electrons. The van der Waals surface area contributed by atoms with Crippen molar-refractivity contribution < 1.29 is 10.2 Å². The molecule has 0 atom stereocenters. The molecule has 2 rings (SSSR count). The molecule has 3 heteroatoms. The van der Waals surface area contributed by atoms with Crippen LogP contribution >= 0.6 is 0 Å². The molecule has 0 aliphatic carbocycles. The Morgan fingerprint density at radius 3 is 2.05 bits per heavy atom. The van der Waals surface area contributed by atoms with Crippen LogP contribution < -0.4 is 0 Å². The molecule has 0 saturated carbocycles. The molecule has 0 saturated heterocycles. The third kappa shape index (κ3) is 2.60. The number of benzene rings is 2. The molecule has 0 aliphatic rings. The van der Waals surface area contributed by atoms with E-state index < -0.39 is 0 Å². The van der Waals surface area contributed by atoms with Crippen molar-refractivity contribution in [2.24, 2.45) is 0 Å². The Labute approximate surface area is 118 Å². The topological polar surface area (TPSA) is 64.2 Å². The fraction of sp³-hybridized carbons (Fsp3) is 0.235. The zero-order chi connectivity index (χ0) is 14.9. The van der Waals surface area contributed by atoms with Gasteiger partial charge in [0.2, 0.25) is 0 Å². The zero-order valence-electron chi connectivity index (χ0n) is 11.8. The molecular formula is C17H17NO2. The van der Waals surface area contributed by atoms with Crippen molar-refractivity contribution in [1.29, 1.82) is 5.26 Å². The molecule has 2 aromatic rings. The van der Waals surface area contributed by atoms with Gasteiger partial charge in [0.25, 0.3) is 0 Å². The second-order valence-electron chi connectivity index (χ2n) is 5.83. The van der Waals surface area contributed by atoms with Gasteiger partial charge >= 0.3 is 0 Å². The largest absolute Gasteiger partial charge is 0.504 e. The highest BCUT2D eigenvalue weighted by Gasteiger charge is 2.21. The Morgan fingerprint density at radius 2 is 1.55 bits per heavy atom. The Balaban J connectivity index is 2.58. The van der Waals surface area contributed by atoms with E-state index in [2.05, 4.69) is 6.07 Å². The summed E-state index contributed by atoms with van der Waals surface area (Å²) < 4.78 is 0. The maximum atomic E-state index is 9.99. The summed E-state index contributed by atoms with van der Waals surface area (Å²) in [5.41, 5.74) is 2.72. The Kier molecular flexibility index (Phi) is 3.42. The third-order valence-corrected chi connectivity index (χ3v) is 3.25. The van der Waals surface area contributed by atoms with Crippen LogP contribution in [0.3, 0.4) is 0 Å². The molecule has 102 valence electrons. The van der Waals surface area contributed by atoms with Crippen LogP contribution in [0.5, 0.6) is 11.5 Å². The molecule has 0 fully saturated rings. The molecule has 20 heavy (non-hydrogen) atoms. The van der Waals surface area contributed by atoms with Gasteiger partial charge in [-0.1, -0.05) is 32.9 Å². The van der Waals surface area contributed by atoms with Crippen LogP contribution in [0.15, 0.2) is 36.4 Å². The van der Waals surface area contributed by atoms with Crippen molar-refractivity contribution in [3.8, 4) is 28.7 Å². The number of nitrogens with zero attached hydrogens (tertiary/aromatic N) is 1. The number of rotatable bonds is 1. The van der Waals surface area contributed by atoms with Crippen molar-refractivity contribution in [1.82, 2.24) is 0 Å². The first-order chi connectivity index (χ1) is 9.32. The Bertz CT molecular complexity index is 674. The summed E-state index contributed by atoms with van der Waals surface area (Å²) in [7, 11) is 0. The zero-order valence-corrected chi connectivity index (χ0v) is 11.8. The van der Waals surface area contributed by atoms with Crippen LogP contribution in [0.4, 0.5) is 0 Å². The van der Waals surface area contributed by atoms with E-state index in [1.54, 1.807) is 12.1 Å². The summed E-state index contributed by atoms with van der Waals surface area (Å²) in [4.78, 5) is 0. The van der Waals surface area contributed by atoms with Crippen molar-refractivity contribution in [2.45, 2.75) is 26.2 Å². The van der Waals surface area contributed by atoms with Crippen LogP contribution in [-0.4, -0.2) is 10.2 Å². The van der Waals surface area contributed by atoms with Crippen LogP contribution in [0.2, 0.25) is 0 Å². The first-order valence-corrected chi connectivity index (χ1v) is 6.40. The average molecular weight is 267 g/mol. The monoisotopic (exact) mass is 267 g/mol. The van der Waals surface area contributed by atoms with Gasteiger partial charge in [-0.25, -0.2) is 0 Å². The van der Waals surface area contributed by atoms with Crippen molar-refractivity contribution in [3.05, 3.63) is 47.5 Å². The Morgan fingerprint density at radius 1 is 0.950 bits per heavy atom. The smallest absolute Gasteiger partial charge is 0.161 e. The molecule has 0 aliphatic heterocycles. The van der Waals surface area contributed by atoms with Gasteiger partial charge in [0, 0.05) is 5.56 Å². The highest BCUT2D eigenvalue weighted by Crippen LogP contribution is 2.40. The lowest BCUT2D eigenvalue weighted by atomic mass is 9.84. The fourth-order valence-corrected chi connectivity index (χ4v) is 2.09. The third-order valence-electron chi connectivity index (χ3n) is 3.25. The predicted molar refractivity (Wildman–Crippen MR) is 78.6 cm³/mol. The number of phenols is 2. The van der Waals surface area contributed by atoms with E-state index in [9.17, 15) is 10.2 Å². The number of hydrogen-bond donors (Lipinski definition) is 2. The lowest BCUT2D eigenvalue weighted by Gasteiger charge is -2.22. The van der Waals surface area contributed by atoms with Gasteiger partial charge in [-0.15, -0.1) is 0 Å². The highest BCUT2D eigenvalue weighted by atomic mass is 16.3. The quantitative estimate of drug-likeness (QED) is 0.769. The standard InChI is InChI=1S/C17H17NO2/c1-17(2,3)14-8-13(9-15(19)16(14)20)12-6-4-11(10-18)5-7-12/h4-9,19-20H,1-3H3. The molecule has 0 unspecified atom stereocenters. The summed E-state index contributed by atoms with van der Waals surface area (Å²) >= 11 is 0. The minimum atomic E-state index is -0.274. The molecular weight excluding hydrogens is 250 g/mol. The second kappa shape index (κ2) is 4.90. The lowest BCUT2D eigenvalue weighted by Crippen LogP contribution is -2.11. The summed E-state index contributed by atoms with van der Waals surface area (Å²) in [6.45, 7) is 5.93. The van der Waals surface area contributed by atoms with E-state index in [0.29, 0.717) is 11.1 Å². The summed E-state index contributed by atoms with van der Waals surface area (Å²) in [6.07, 6.45) is 0. The van der Waals surface area contributed by atoms with Gasteiger partial charge in [-0.05, 0) is 40.8 Å². The van der Waals surface area contributed by atoms with E-state index in [0.717, 1.165) is 11.1 Å². The van der Waals surface area contributed by atoms with E-state index in [4.69, 9.17) is 5.26 Å². The van der Waals surface area contributed by atoms with E-state index in [1.165, 1.54) is 6.07 Å². The lowest BCUT2D eigenvalue weighted by molar-refractivity contribution is 0.389. The normalized spacial score (nSPS) is 11.1. The minimum Gasteiger partial charge on any atom is -0.504 e. The highest BCUT2D eigenvalue weighted by molar-refractivity contribution is 5.70. The molecule has 0 bridgehead atoms. The maximum absolute atomic E-state index is 9.99. The summed E-state index contributed by atoms with van der Waals surface area (Å²) in [5.74, 6) is -0.202. The fourth-order valence-electron chi connectivity index (χ4n) is 2.09. The van der Waals surface area contributed by atoms with Gasteiger partial charge in [0.05, 0.1) is 11.6 Å². The first kappa shape index (κ1) is 14.0. The first-order valence-electron chi connectivity index (χ1n) is 6.40. The molecule has 0 spiro atoms. The van der Waals surface area contributed by atoms with Gasteiger partial charge in [0.1, 0.15) is 0 Å². The van der Waals surface area contributed by atoms with Crippen molar-refractivity contribution in [2.75, 3.05) is 0 Å². The van der Waals surface area contributed by atoms with Crippen LogP contribution in [-0.2, 0) is 5.41 Å². The molecule has 2 aromatic carbocycles. The number of nitriles is 1. The minimum absolute atomic E-state index is 0.0742. The Hall–Kier alpha value is -2.47. The van der Waals surface area contributed by atoms with Gasteiger partial charge in [-0.3, -0.25) is 0 Å². The van der Waals surface area contributed by atoms with E-state index in [1.807, 2.05) is 39.0 Å². The van der Waals surface area contributed by atoms with Crippen molar-refractivity contribution in [3.63, 3.8) is 0 Å². The van der Waals surface area contributed by atoms with Crippen LogP contribution in [0, 0.1) is 11.3 Å². The molecule has 0 heterocycles. The van der Waals surface area contributed by atoms with Crippen molar-refractivity contribution >= 4 is 0 Å². The summed E-state index contributed by atoms with van der Waals surface area (Å²) in [6, 6.07) is 12.6. The van der Waals surface area contributed by atoms with E-state index >= 15 is 0 Å². The van der Waals surface area contributed by atoms with Crippen LogP contribution in [0.25, 0.3) is 11.1 Å². The molecule has 0 amide bonds. The summed E-state index contributed by atoms with van der Waals surface area (Å²) in [5, 5.41) is 28.7. The number of aromatic hydroxyl groups is 2. The van der Waals surface area contributed by atoms with Gasteiger partial charge in [-0.2, -0.15) is 5.26 Å². The molecule has 3 nitrogen and oxygen atoms in total. The predicted octanol–water partition coefficient (Wildman–Crippen LogP) is 3.93.